The van der Waals surface area contributed by atoms with Gasteiger partial charge >= 0.3 is 5.97 Å². The third-order valence-corrected chi connectivity index (χ3v) is 4.38. The van der Waals surface area contributed by atoms with Gasteiger partial charge in [0.15, 0.2) is 0 Å². The second kappa shape index (κ2) is 4.02. The van der Waals surface area contributed by atoms with Crippen molar-refractivity contribution in [3.63, 3.8) is 0 Å². The lowest BCUT2D eigenvalue weighted by molar-refractivity contribution is -0.137. The highest BCUT2D eigenvalue weighted by Crippen LogP contribution is 2.56. The number of aromatic hydroxyl groups is 1. The van der Waals surface area contributed by atoms with E-state index in [-0.39, 0.29) is 17.6 Å². The van der Waals surface area contributed by atoms with Crippen molar-refractivity contribution in [2.45, 2.75) is 38.5 Å². The molecule has 3 nitrogen and oxygen atoms in total. The Bertz CT molecular complexity index is 464. The van der Waals surface area contributed by atoms with Crippen LogP contribution in [0.25, 0.3) is 0 Å². The Labute approximate surface area is 109 Å². The van der Waals surface area contributed by atoms with E-state index in [2.05, 4.69) is 15.9 Å². The van der Waals surface area contributed by atoms with Crippen LogP contribution < -0.4 is 0 Å². The molecule has 0 atom stereocenters. The molecule has 0 bridgehead atoms. The van der Waals surface area contributed by atoms with Gasteiger partial charge in [0.05, 0.1) is 6.42 Å². The van der Waals surface area contributed by atoms with Crippen LogP contribution in [0.15, 0.2) is 10.5 Å². The molecule has 0 heterocycles. The Hall–Kier alpha value is -1.03. The Balaban J connectivity index is 2.55. The Morgan fingerprint density at radius 2 is 2.06 bits per heavy atom. The molecule has 2 rings (SSSR count). The van der Waals surface area contributed by atoms with Crippen molar-refractivity contribution in [3.8, 4) is 5.75 Å². The van der Waals surface area contributed by atoms with Gasteiger partial charge in [-0.1, -0.05) is 15.9 Å². The molecule has 1 aliphatic rings. The number of hydrogen-bond donors (Lipinski definition) is 2. The fourth-order valence-corrected chi connectivity index (χ4v) is 3.01. The standard InChI is InChI=1S/C13H15BrO3/c1-7-5-9(14)8(2)11(12(7)17)13(3-4-13)6-10(15)16/h5,17H,3-4,6H2,1-2H3,(H,15,16). The van der Waals surface area contributed by atoms with E-state index < -0.39 is 5.97 Å². The van der Waals surface area contributed by atoms with Crippen LogP contribution in [0.2, 0.25) is 0 Å². The van der Waals surface area contributed by atoms with Crippen molar-refractivity contribution in [1.29, 1.82) is 0 Å². The van der Waals surface area contributed by atoms with Gasteiger partial charge in [0.2, 0.25) is 0 Å². The highest BCUT2D eigenvalue weighted by molar-refractivity contribution is 9.10. The quantitative estimate of drug-likeness (QED) is 0.900. The lowest BCUT2D eigenvalue weighted by Gasteiger charge is -2.20. The van der Waals surface area contributed by atoms with Gasteiger partial charge < -0.3 is 10.2 Å². The number of rotatable bonds is 3. The van der Waals surface area contributed by atoms with E-state index in [1.54, 1.807) is 0 Å². The summed E-state index contributed by atoms with van der Waals surface area (Å²) in [6.07, 6.45) is 1.77. The molecule has 0 unspecified atom stereocenters. The first-order chi connectivity index (χ1) is 7.87. The number of hydrogen-bond acceptors (Lipinski definition) is 2. The van der Waals surface area contributed by atoms with Crippen LogP contribution >= 0.6 is 15.9 Å². The van der Waals surface area contributed by atoms with Crippen molar-refractivity contribution in [2.75, 3.05) is 0 Å². The molecule has 17 heavy (non-hydrogen) atoms. The minimum absolute atomic E-state index is 0.0945. The van der Waals surface area contributed by atoms with Crippen molar-refractivity contribution in [1.82, 2.24) is 0 Å². The normalized spacial score (nSPS) is 16.9. The van der Waals surface area contributed by atoms with Gasteiger partial charge in [-0.15, -0.1) is 0 Å². The zero-order chi connectivity index (χ0) is 12.8. The molecule has 92 valence electrons. The monoisotopic (exact) mass is 298 g/mol. The van der Waals surface area contributed by atoms with E-state index in [0.29, 0.717) is 0 Å². The van der Waals surface area contributed by atoms with Crippen LogP contribution in [-0.2, 0) is 10.2 Å². The molecule has 0 amide bonds. The summed E-state index contributed by atoms with van der Waals surface area (Å²) in [4.78, 5) is 10.9. The molecule has 1 aromatic carbocycles. The number of halogens is 1. The molecule has 0 spiro atoms. The first kappa shape index (κ1) is 12.4. The summed E-state index contributed by atoms with van der Waals surface area (Å²) < 4.78 is 0.930. The SMILES string of the molecule is Cc1cc(Br)c(C)c(C2(CC(=O)O)CC2)c1O. The Morgan fingerprint density at radius 1 is 1.47 bits per heavy atom. The maximum Gasteiger partial charge on any atom is 0.304 e. The average Bonchev–Trinajstić information content (AvgIpc) is 2.95. The van der Waals surface area contributed by atoms with Crippen LogP contribution in [0, 0.1) is 13.8 Å². The number of aliphatic carboxylic acids is 1. The fraction of sp³-hybridized carbons (Fsp3) is 0.462. The zero-order valence-electron chi connectivity index (χ0n) is 9.88. The number of benzene rings is 1. The zero-order valence-corrected chi connectivity index (χ0v) is 11.5. The van der Waals surface area contributed by atoms with Crippen LogP contribution in [-0.4, -0.2) is 16.2 Å². The molecular formula is C13H15BrO3. The third kappa shape index (κ3) is 2.06. The average molecular weight is 299 g/mol. The van der Waals surface area contributed by atoms with Gasteiger partial charge in [0.25, 0.3) is 0 Å². The molecule has 1 aliphatic carbocycles. The predicted molar refractivity (Wildman–Crippen MR) is 68.4 cm³/mol. The fourth-order valence-electron chi connectivity index (χ4n) is 2.47. The smallest absolute Gasteiger partial charge is 0.304 e. The van der Waals surface area contributed by atoms with Crippen molar-refractivity contribution in [3.05, 3.63) is 27.2 Å². The van der Waals surface area contributed by atoms with Crippen molar-refractivity contribution in [2.24, 2.45) is 0 Å². The second-order valence-corrected chi connectivity index (χ2v) is 5.73. The first-order valence-corrected chi connectivity index (χ1v) is 6.37. The van der Waals surface area contributed by atoms with Gasteiger partial charge in [-0.3, -0.25) is 4.79 Å². The minimum Gasteiger partial charge on any atom is -0.507 e. The summed E-state index contributed by atoms with van der Waals surface area (Å²) in [5.74, 6) is -0.552. The van der Waals surface area contributed by atoms with Gasteiger partial charge in [0.1, 0.15) is 5.75 Å². The minimum atomic E-state index is -0.807. The summed E-state index contributed by atoms with van der Waals surface area (Å²) in [5, 5.41) is 19.2. The Kier molecular flexibility index (Phi) is 2.94. The maximum absolute atomic E-state index is 10.9. The van der Waals surface area contributed by atoms with Gasteiger partial charge in [-0.2, -0.15) is 0 Å². The molecular weight excluding hydrogens is 284 g/mol. The van der Waals surface area contributed by atoms with E-state index in [0.717, 1.165) is 34.0 Å². The van der Waals surface area contributed by atoms with Crippen LogP contribution in [0.4, 0.5) is 0 Å². The molecule has 0 aliphatic heterocycles. The number of phenols is 1. The number of carbonyl (C=O) groups is 1. The molecule has 2 N–H and O–H groups in total. The third-order valence-electron chi connectivity index (χ3n) is 3.56. The maximum atomic E-state index is 10.9. The van der Waals surface area contributed by atoms with E-state index in [4.69, 9.17) is 5.11 Å². The van der Waals surface area contributed by atoms with Gasteiger partial charge in [-0.25, -0.2) is 0 Å². The van der Waals surface area contributed by atoms with E-state index in [1.165, 1.54) is 0 Å². The number of phenolic OH excluding ortho intramolecular Hbond substituents is 1. The van der Waals surface area contributed by atoms with E-state index in [1.807, 2.05) is 19.9 Å². The summed E-state index contributed by atoms with van der Waals surface area (Å²) in [6, 6.07) is 1.87. The molecule has 1 fully saturated rings. The summed E-state index contributed by atoms with van der Waals surface area (Å²) >= 11 is 3.46. The van der Waals surface area contributed by atoms with Crippen molar-refractivity contribution >= 4 is 21.9 Å². The summed E-state index contributed by atoms with van der Waals surface area (Å²) in [5.41, 5.74) is 2.20. The molecule has 4 heteroatoms. The molecule has 1 saturated carbocycles. The topological polar surface area (TPSA) is 57.5 Å². The highest BCUT2D eigenvalue weighted by atomic mass is 79.9. The van der Waals surface area contributed by atoms with Crippen LogP contribution in [0.1, 0.15) is 36.0 Å². The van der Waals surface area contributed by atoms with Gasteiger partial charge in [-0.05, 0) is 43.9 Å². The molecule has 0 saturated heterocycles. The van der Waals surface area contributed by atoms with Crippen LogP contribution in [0.3, 0.4) is 0 Å². The lowest BCUT2D eigenvalue weighted by Crippen LogP contribution is -2.15. The number of aryl methyl sites for hydroxylation is 1. The summed E-state index contributed by atoms with van der Waals surface area (Å²) in [6.45, 7) is 3.75. The highest BCUT2D eigenvalue weighted by Gasteiger charge is 2.48. The Morgan fingerprint density at radius 3 is 2.53 bits per heavy atom. The molecule has 0 radical (unpaired) electrons. The number of carboxylic acid groups (broad SMARTS) is 1. The van der Waals surface area contributed by atoms with Crippen LogP contribution in [0.5, 0.6) is 5.75 Å². The van der Waals surface area contributed by atoms with Crippen molar-refractivity contribution < 1.29 is 15.0 Å². The largest absolute Gasteiger partial charge is 0.507 e. The summed E-state index contributed by atoms with van der Waals surface area (Å²) in [7, 11) is 0. The van der Waals surface area contributed by atoms with E-state index in [9.17, 15) is 9.90 Å². The predicted octanol–water partition coefficient (Wildman–Crippen LogP) is 3.28. The first-order valence-electron chi connectivity index (χ1n) is 5.58. The lowest BCUT2D eigenvalue weighted by atomic mass is 9.87. The second-order valence-electron chi connectivity index (χ2n) is 4.87. The number of carboxylic acids is 1. The molecule has 0 aromatic heterocycles. The van der Waals surface area contributed by atoms with E-state index >= 15 is 0 Å². The molecule has 1 aromatic rings. The van der Waals surface area contributed by atoms with Gasteiger partial charge in [0, 0.05) is 15.5 Å².